The number of fused-ring (bicyclic) bond motifs is 1. The van der Waals surface area contributed by atoms with E-state index in [1.807, 2.05) is 13.0 Å². The Labute approximate surface area is 112 Å². The monoisotopic (exact) mass is 267 g/mol. The topological polar surface area (TPSA) is 55.1 Å². The van der Waals surface area contributed by atoms with Crippen LogP contribution < -0.4 is 5.32 Å². The number of hydrogen-bond acceptors (Lipinski definition) is 4. The van der Waals surface area contributed by atoms with Crippen molar-refractivity contribution in [3.63, 3.8) is 0 Å². The van der Waals surface area contributed by atoms with E-state index in [1.54, 1.807) is 4.52 Å². The Bertz CT molecular complexity index is 522. The molecule has 0 aliphatic rings. The van der Waals surface area contributed by atoms with Crippen molar-refractivity contribution >= 4 is 23.2 Å². The number of nitrogens with zero attached hydrogens (tertiary/aromatic N) is 4. The molecule has 0 saturated carbocycles. The van der Waals surface area contributed by atoms with E-state index in [-0.39, 0.29) is 5.38 Å². The van der Waals surface area contributed by atoms with Gasteiger partial charge in [-0.1, -0.05) is 13.8 Å². The molecule has 18 heavy (non-hydrogen) atoms. The molecule has 98 valence electrons. The summed E-state index contributed by atoms with van der Waals surface area (Å²) in [6.45, 7) is 6.98. The molecule has 0 spiro atoms. The summed E-state index contributed by atoms with van der Waals surface area (Å²) < 4.78 is 1.69. The van der Waals surface area contributed by atoms with Gasteiger partial charge in [-0.05, 0) is 19.3 Å². The van der Waals surface area contributed by atoms with Crippen LogP contribution in [-0.4, -0.2) is 31.5 Å². The minimum Gasteiger partial charge on any atom is -0.368 e. The number of anilines is 1. The Balaban J connectivity index is 2.09. The molecule has 2 heterocycles. The van der Waals surface area contributed by atoms with Crippen molar-refractivity contribution in [3.8, 4) is 0 Å². The van der Waals surface area contributed by atoms with Crippen LogP contribution in [0.25, 0.3) is 5.78 Å². The van der Waals surface area contributed by atoms with Crippen LogP contribution >= 0.6 is 11.6 Å². The summed E-state index contributed by atoms with van der Waals surface area (Å²) in [4.78, 5) is 8.37. The molecular formula is C12H18ClN5. The minimum atomic E-state index is 0.108. The van der Waals surface area contributed by atoms with E-state index in [4.69, 9.17) is 11.6 Å². The SMILES string of the molecule is Cc1cc(NCC(Cl)CC(C)C)n2ncnc2n1. The van der Waals surface area contributed by atoms with Gasteiger partial charge in [-0.15, -0.1) is 11.6 Å². The summed E-state index contributed by atoms with van der Waals surface area (Å²) >= 11 is 6.27. The molecular weight excluding hydrogens is 250 g/mol. The highest BCUT2D eigenvalue weighted by Gasteiger charge is 2.09. The lowest BCUT2D eigenvalue weighted by atomic mass is 10.1. The Morgan fingerprint density at radius 2 is 2.22 bits per heavy atom. The molecule has 1 atom stereocenters. The summed E-state index contributed by atoms with van der Waals surface area (Å²) in [6, 6.07) is 1.95. The molecule has 0 aliphatic heterocycles. The van der Waals surface area contributed by atoms with Crippen molar-refractivity contribution in [2.24, 2.45) is 5.92 Å². The van der Waals surface area contributed by atoms with Crippen molar-refractivity contribution in [1.29, 1.82) is 0 Å². The number of alkyl halides is 1. The van der Waals surface area contributed by atoms with Gasteiger partial charge in [0.2, 0.25) is 0 Å². The maximum atomic E-state index is 6.27. The standard InChI is InChI=1S/C12H18ClN5/c1-8(2)4-10(13)6-14-11-5-9(3)17-12-15-7-16-18(11)12/h5,7-8,10,14H,4,6H2,1-3H3. The zero-order valence-electron chi connectivity index (χ0n) is 10.9. The third-order valence-corrected chi connectivity index (χ3v) is 2.94. The van der Waals surface area contributed by atoms with E-state index in [2.05, 4.69) is 34.2 Å². The van der Waals surface area contributed by atoms with E-state index in [0.717, 1.165) is 17.9 Å². The Hall–Kier alpha value is -1.36. The van der Waals surface area contributed by atoms with Gasteiger partial charge in [-0.3, -0.25) is 0 Å². The van der Waals surface area contributed by atoms with Crippen LogP contribution in [-0.2, 0) is 0 Å². The molecule has 0 aliphatic carbocycles. The van der Waals surface area contributed by atoms with Crippen LogP contribution in [0.2, 0.25) is 0 Å². The fourth-order valence-corrected chi connectivity index (χ4v) is 2.30. The van der Waals surface area contributed by atoms with Crippen molar-refractivity contribution in [2.75, 3.05) is 11.9 Å². The molecule has 0 bridgehead atoms. The van der Waals surface area contributed by atoms with Crippen molar-refractivity contribution in [1.82, 2.24) is 19.6 Å². The van der Waals surface area contributed by atoms with Crippen molar-refractivity contribution < 1.29 is 0 Å². The van der Waals surface area contributed by atoms with E-state index in [1.165, 1.54) is 6.33 Å². The second kappa shape index (κ2) is 5.52. The second-order valence-electron chi connectivity index (χ2n) is 4.86. The number of aromatic nitrogens is 4. The molecule has 5 nitrogen and oxygen atoms in total. The van der Waals surface area contributed by atoms with Gasteiger partial charge in [0, 0.05) is 18.3 Å². The first-order valence-corrected chi connectivity index (χ1v) is 6.55. The number of nitrogens with one attached hydrogen (secondary N) is 1. The lowest BCUT2D eigenvalue weighted by molar-refractivity contribution is 0.571. The van der Waals surface area contributed by atoms with Gasteiger partial charge in [0.15, 0.2) is 0 Å². The van der Waals surface area contributed by atoms with Crippen LogP contribution in [0.1, 0.15) is 26.0 Å². The maximum absolute atomic E-state index is 6.27. The average molecular weight is 268 g/mol. The highest BCUT2D eigenvalue weighted by molar-refractivity contribution is 6.20. The van der Waals surface area contributed by atoms with Gasteiger partial charge < -0.3 is 5.32 Å². The Morgan fingerprint density at radius 3 is 2.94 bits per heavy atom. The molecule has 0 radical (unpaired) electrons. The zero-order valence-corrected chi connectivity index (χ0v) is 11.6. The van der Waals surface area contributed by atoms with Gasteiger partial charge in [0.25, 0.3) is 5.78 Å². The summed E-state index contributed by atoms with van der Waals surface area (Å²) in [6.07, 6.45) is 2.48. The van der Waals surface area contributed by atoms with Gasteiger partial charge >= 0.3 is 0 Å². The van der Waals surface area contributed by atoms with Crippen LogP contribution in [0.15, 0.2) is 12.4 Å². The van der Waals surface area contributed by atoms with E-state index < -0.39 is 0 Å². The maximum Gasteiger partial charge on any atom is 0.254 e. The fourth-order valence-electron chi connectivity index (χ4n) is 1.87. The van der Waals surface area contributed by atoms with Gasteiger partial charge in [-0.25, -0.2) is 4.98 Å². The Kier molecular flexibility index (Phi) is 4.01. The van der Waals surface area contributed by atoms with Crippen LogP contribution in [0.4, 0.5) is 5.82 Å². The van der Waals surface area contributed by atoms with Crippen LogP contribution in [0.5, 0.6) is 0 Å². The first-order chi connectivity index (χ1) is 8.56. The molecule has 2 aromatic rings. The predicted octanol–water partition coefficient (Wildman–Crippen LogP) is 2.50. The third kappa shape index (κ3) is 3.10. The highest BCUT2D eigenvalue weighted by atomic mass is 35.5. The fraction of sp³-hybridized carbons (Fsp3) is 0.583. The Morgan fingerprint density at radius 1 is 1.44 bits per heavy atom. The molecule has 0 fully saturated rings. The quantitative estimate of drug-likeness (QED) is 0.846. The predicted molar refractivity (Wildman–Crippen MR) is 73.1 cm³/mol. The average Bonchev–Trinajstić information content (AvgIpc) is 2.72. The minimum absolute atomic E-state index is 0.108. The zero-order chi connectivity index (χ0) is 13.1. The molecule has 0 saturated heterocycles. The normalized spacial score (nSPS) is 13.2. The molecule has 0 aromatic carbocycles. The molecule has 2 rings (SSSR count). The molecule has 6 heteroatoms. The summed E-state index contributed by atoms with van der Waals surface area (Å²) in [5, 5.41) is 7.55. The molecule has 2 aromatic heterocycles. The second-order valence-corrected chi connectivity index (χ2v) is 5.48. The number of halogens is 1. The number of hydrogen-bond donors (Lipinski definition) is 1. The first kappa shape index (κ1) is 13.1. The summed E-state index contributed by atoms with van der Waals surface area (Å²) in [7, 11) is 0. The smallest absolute Gasteiger partial charge is 0.254 e. The summed E-state index contributed by atoms with van der Waals surface area (Å²) in [5.41, 5.74) is 0.910. The van der Waals surface area contributed by atoms with Crippen molar-refractivity contribution in [3.05, 3.63) is 18.1 Å². The van der Waals surface area contributed by atoms with Gasteiger partial charge in [0.05, 0.1) is 5.38 Å². The van der Waals surface area contributed by atoms with Crippen molar-refractivity contribution in [2.45, 2.75) is 32.6 Å². The lowest BCUT2D eigenvalue weighted by Gasteiger charge is -2.14. The van der Waals surface area contributed by atoms with E-state index in [0.29, 0.717) is 18.2 Å². The lowest BCUT2D eigenvalue weighted by Crippen LogP contribution is -2.18. The largest absolute Gasteiger partial charge is 0.368 e. The third-order valence-electron chi connectivity index (χ3n) is 2.61. The molecule has 0 amide bonds. The van der Waals surface area contributed by atoms with Crippen LogP contribution in [0.3, 0.4) is 0 Å². The van der Waals surface area contributed by atoms with E-state index in [9.17, 15) is 0 Å². The van der Waals surface area contributed by atoms with Gasteiger partial charge in [-0.2, -0.15) is 14.6 Å². The van der Waals surface area contributed by atoms with Gasteiger partial charge in [0.1, 0.15) is 12.1 Å². The molecule has 1 unspecified atom stereocenters. The molecule has 1 N–H and O–H groups in total. The number of aryl methyl sites for hydroxylation is 1. The first-order valence-electron chi connectivity index (χ1n) is 6.11. The number of rotatable bonds is 5. The highest BCUT2D eigenvalue weighted by Crippen LogP contribution is 2.14. The van der Waals surface area contributed by atoms with Crippen LogP contribution in [0, 0.1) is 12.8 Å². The van der Waals surface area contributed by atoms with E-state index >= 15 is 0 Å². The summed E-state index contributed by atoms with van der Waals surface area (Å²) in [5.74, 6) is 2.08.